The smallest absolute Gasteiger partial charge is 0.265 e. The van der Waals surface area contributed by atoms with E-state index < -0.39 is 6.10 Å². The number of para-hydroxylation sites is 2. The van der Waals surface area contributed by atoms with Crippen molar-refractivity contribution >= 4 is 22.6 Å². The second kappa shape index (κ2) is 9.26. The van der Waals surface area contributed by atoms with Gasteiger partial charge in [0.15, 0.2) is 6.10 Å². The van der Waals surface area contributed by atoms with Gasteiger partial charge < -0.3 is 14.8 Å². The van der Waals surface area contributed by atoms with E-state index in [2.05, 4.69) is 15.3 Å². The largest absolute Gasteiger partial charge is 0.494 e. The molecule has 4 aromatic rings. The van der Waals surface area contributed by atoms with Crippen molar-refractivity contribution < 1.29 is 14.3 Å². The summed E-state index contributed by atoms with van der Waals surface area (Å²) in [6.45, 7) is 4.24. The molecule has 0 unspecified atom stereocenters. The summed E-state index contributed by atoms with van der Waals surface area (Å²) in [5.41, 5.74) is 4.11. The molecule has 0 radical (unpaired) electrons. The highest BCUT2D eigenvalue weighted by Gasteiger charge is 2.15. The molecule has 0 saturated heterocycles. The maximum atomic E-state index is 12.5. The third-order valence-corrected chi connectivity index (χ3v) is 4.71. The summed E-state index contributed by atoms with van der Waals surface area (Å²) in [5.74, 6) is 1.14. The highest BCUT2D eigenvalue weighted by molar-refractivity contribution is 5.94. The van der Waals surface area contributed by atoms with Crippen LogP contribution in [0.3, 0.4) is 0 Å². The number of rotatable bonds is 7. The molecule has 1 amide bonds. The van der Waals surface area contributed by atoms with Crippen LogP contribution in [0.2, 0.25) is 0 Å². The molecule has 3 aromatic carbocycles. The lowest BCUT2D eigenvalue weighted by atomic mass is 10.1. The zero-order valence-corrected chi connectivity index (χ0v) is 17.4. The van der Waals surface area contributed by atoms with Crippen molar-refractivity contribution in [3.63, 3.8) is 0 Å². The lowest BCUT2D eigenvalue weighted by molar-refractivity contribution is -0.122. The molecule has 6 heteroatoms. The Kier molecular flexibility index (Phi) is 6.08. The second-order valence-electron chi connectivity index (χ2n) is 6.98. The van der Waals surface area contributed by atoms with E-state index in [0.29, 0.717) is 18.0 Å². The fourth-order valence-corrected chi connectivity index (χ4v) is 3.10. The molecule has 1 heterocycles. The Labute approximate surface area is 180 Å². The number of nitrogens with one attached hydrogen (secondary N) is 1. The highest BCUT2D eigenvalue weighted by atomic mass is 16.5. The summed E-state index contributed by atoms with van der Waals surface area (Å²) >= 11 is 0. The van der Waals surface area contributed by atoms with E-state index in [-0.39, 0.29) is 5.91 Å². The van der Waals surface area contributed by atoms with Crippen LogP contribution in [-0.4, -0.2) is 28.6 Å². The molecule has 0 aliphatic carbocycles. The van der Waals surface area contributed by atoms with Gasteiger partial charge in [0.1, 0.15) is 11.5 Å². The van der Waals surface area contributed by atoms with Crippen LogP contribution < -0.4 is 14.8 Å². The number of anilines is 1. The monoisotopic (exact) mass is 413 g/mol. The number of nitrogens with zero attached hydrogens (tertiary/aromatic N) is 2. The van der Waals surface area contributed by atoms with Crippen LogP contribution >= 0.6 is 0 Å². The van der Waals surface area contributed by atoms with Crippen LogP contribution in [0.15, 0.2) is 79.0 Å². The minimum absolute atomic E-state index is 0.228. The Balaban J connectivity index is 1.38. The summed E-state index contributed by atoms with van der Waals surface area (Å²) in [4.78, 5) is 21.6. The minimum Gasteiger partial charge on any atom is -0.494 e. The summed E-state index contributed by atoms with van der Waals surface area (Å²) in [7, 11) is 0. The predicted octanol–water partition coefficient (Wildman–Crippen LogP) is 5.10. The maximum absolute atomic E-state index is 12.5. The number of ether oxygens (including phenoxy) is 2. The Bertz CT molecular complexity index is 1170. The number of hydrogen-bond acceptors (Lipinski definition) is 5. The van der Waals surface area contributed by atoms with E-state index in [1.165, 1.54) is 0 Å². The topological polar surface area (TPSA) is 73.3 Å². The van der Waals surface area contributed by atoms with E-state index in [1.54, 1.807) is 25.3 Å². The molecule has 1 N–H and O–H groups in total. The molecule has 0 saturated carbocycles. The molecule has 0 spiro atoms. The maximum Gasteiger partial charge on any atom is 0.265 e. The van der Waals surface area contributed by atoms with Gasteiger partial charge in [0, 0.05) is 11.3 Å². The average molecular weight is 413 g/mol. The lowest BCUT2D eigenvalue weighted by Gasteiger charge is -2.15. The Morgan fingerprint density at radius 2 is 1.61 bits per heavy atom. The van der Waals surface area contributed by atoms with Crippen molar-refractivity contribution in [1.29, 1.82) is 0 Å². The summed E-state index contributed by atoms with van der Waals surface area (Å²) in [5, 5.41) is 2.85. The minimum atomic E-state index is -0.655. The molecule has 156 valence electrons. The fourth-order valence-electron chi connectivity index (χ4n) is 3.10. The first-order chi connectivity index (χ1) is 15.1. The molecular formula is C25H23N3O3. The highest BCUT2D eigenvalue weighted by Crippen LogP contribution is 2.23. The zero-order valence-electron chi connectivity index (χ0n) is 17.4. The van der Waals surface area contributed by atoms with Gasteiger partial charge in [0.25, 0.3) is 5.91 Å². The number of carbonyl (C=O) groups excluding carboxylic acids is 1. The van der Waals surface area contributed by atoms with Crippen molar-refractivity contribution in [2.24, 2.45) is 0 Å². The summed E-state index contributed by atoms with van der Waals surface area (Å²) in [6.07, 6.45) is 1.10. The first kappa shape index (κ1) is 20.3. The van der Waals surface area contributed by atoms with Gasteiger partial charge in [-0.15, -0.1) is 0 Å². The van der Waals surface area contributed by atoms with Crippen molar-refractivity contribution in [3.8, 4) is 22.8 Å². The normalized spacial score (nSPS) is 11.7. The van der Waals surface area contributed by atoms with Crippen LogP contribution in [0.1, 0.15) is 13.8 Å². The van der Waals surface area contributed by atoms with Crippen molar-refractivity contribution in [2.75, 3.05) is 11.9 Å². The first-order valence-corrected chi connectivity index (χ1v) is 10.1. The molecule has 31 heavy (non-hydrogen) atoms. The van der Waals surface area contributed by atoms with Crippen LogP contribution in [0, 0.1) is 0 Å². The SMILES string of the molecule is CCOc1ccc(NC(=O)[C@@H](C)Oc2ccc(-c3cnc4ccccc4n3)cc2)cc1. The van der Waals surface area contributed by atoms with Gasteiger partial charge in [-0.2, -0.15) is 0 Å². The Morgan fingerprint density at radius 3 is 2.32 bits per heavy atom. The predicted molar refractivity (Wildman–Crippen MR) is 121 cm³/mol. The number of carbonyl (C=O) groups is 1. The quantitative estimate of drug-likeness (QED) is 0.456. The summed E-state index contributed by atoms with van der Waals surface area (Å²) < 4.78 is 11.2. The number of amides is 1. The van der Waals surface area contributed by atoms with Gasteiger partial charge in [0.2, 0.25) is 0 Å². The van der Waals surface area contributed by atoms with Crippen LogP contribution in [0.5, 0.6) is 11.5 Å². The fraction of sp³-hybridized carbons (Fsp3) is 0.160. The van der Waals surface area contributed by atoms with E-state index in [9.17, 15) is 4.79 Å². The molecular weight excluding hydrogens is 390 g/mol. The molecule has 0 fully saturated rings. The standard InChI is InChI=1S/C25H23N3O3/c1-3-30-20-14-10-19(11-15-20)27-25(29)17(2)31-21-12-8-18(9-13-21)24-16-26-22-6-4-5-7-23(22)28-24/h4-17H,3H2,1-2H3,(H,27,29)/t17-/m1/s1. The van der Waals surface area contributed by atoms with Crippen molar-refractivity contribution in [1.82, 2.24) is 9.97 Å². The van der Waals surface area contributed by atoms with Crippen molar-refractivity contribution in [2.45, 2.75) is 20.0 Å². The van der Waals surface area contributed by atoms with Gasteiger partial charge in [-0.05, 0) is 74.5 Å². The number of hydrogen-bond donors (Lipinski definition) is 1. The van der Waals surface area contributed by atoms with E-state index in [1.807, 2.05) is 67.6 Å². The third-order valence-electron chi connectivity index (χ3n) is 4.71. The zero-order chi connectivity index (χ0) is 21.6. The van der Waals surface area contributed by atoms with Gasteiger partial charge in [-0.25, -0.2) is 4.98 Å². The van der Waals surface area contributed by atoms with E-state index >= 15 is 0 Å². The Hall–Kier alpha value is -3.93. The van der Waals surface area contributed by atoms with Crippen LogP contribution in [0.4, 0.5) is 5.69 Å². The van der Waals surface area contributed by atoms with Gasteiger partial charge in [-0.1, -0.05) is 12.1 Å². The van der Waals surface area contributed by atoms with Crippen LogP contribution in [0.25, 0.3) is 22.3 Å². The van der Waals surface area contributed by atoms with Gasteiger partial charge >= 0.3 is 0 Å². The second-order valence-corrected chi connectivity index (χ2v) is 6.98. The van der Waals surface area contributed by atoms with Crippen LogP contribution in [-0.2, 0) is 4.79 Å². The molecule has 0 bridgehead atoms. The van der Waals surface area contributed by atoms with E-state index in [0.717, 1.165) is 28.0 Å². The lowest BCUT2D eigenvalue weighted by Crippen LogP contribution is -2.30. The third kappa shape index (κ3) is 4.98. The van der Waals surface area contributed by atoms with Gasteiger partial charge in [0.05, 0.1) is 29.5 Å². The summed E-state index contributed by atoms with van der Waals surface area (Å²) in [6, 6.07) is 22.5. The molecule has 0 aliphatic rings. The first-order valence-electron chi connectivity index (χ1n) is 10.1. The molecule has 0 aliphatic heterocycles. The molecule has 1 aromatic heterocycles. The average Bonchev–Trinajstić information content (AvgIpc) is 2.80. The number of fused-ring (bicyclic) bond motifs is 1. The number of aromatic nitrogens is 2. The molecule has 6 nitrogen and oxygen atoms in total. The van der Waals surface area contributed by atoms with E-state index in [4.69, 9.17) is 9.47 Å². The Morgan fingerprint density at radius 1 is 0.935 bits per heavy atom. The molecule has 4 rings (SSSR count). The van der Waals surface area contributed by atoms with Gasteiger partial charge in [-0.3, -0.25) is 9.78 Å². The molecule has 1 atom stereocenters. The van der Waals surface area contributed by atoms with Crippen molar-refractivity contribution in [3.05, 3.63) is 79.0 Å². The number of benzene rings is 3.